The number of likely N-dealkylation sites (tertiary alicyclic amines) is 1. The van der Waals surface area contributed by atoms with E-state index in [1.54, 1.807) is 0 Å². The van der Waals surface area contributed by atoms with E-state index in [9.17, 15) is 4.79 Å². The Bertz CT molecular complexity index is 614. The minimum absolute atomic E-state index is 0.110. The van der Waals surface area contributed by atoms with Crippen molar-refractivity contribution in [3.8, 4) is 5.88 Å². The molecule has 2 aliphatic rings. The van der Waals surface area contributed by atoms with Crippen LogP contribution in [0.1, 0.15) is 76.1 Å². The van der Waals surface area contributed by atoms with E-state index in [4.69, 9.17) is 9.72 Å². The van der Waals surface area contributed by atoms with E-state index in [2.05, 4.69) is 24.8 Å². The van der Waals surface area contributed by atoms with Crippen LogP contribution in [0.3, 0.4) is 0 Å². The number of fused-ring (bicyclic) bond motifs is 1. The Morgan fingerprint density at radius 2 is 2.00 bits per heavy atom. The van der Waals surface area contributed by atoms with Gasteiger partial charge in [-0.3, -0.25) is 4.79 Å². The van der Waals surface area contributed by atoms with Gasteiger partial charge in [-0.05, 0) is 70.3 Å². The first-order valence-electron chi connectivity index (χ1n) is 10.8. The molecule has 5 nitrogen and oxygen atoms in total. The molecule has 0 aliphatic carbocycles. The molecule has 0 bridgehead atoms. The van der Waals surface area contributed by atoms with Crippen LogP contribution in [0.15, 0.2) is 12.1 Å². The normalized spacial score (nSPS) is 20.4. The van der Waals surface area contributed by atoms with E-state index in [1.807, 2.05) is 11.0 Å². The second-order valence-electron chi connectivity index (χ2n) is 7.91. The number of unbranched alkanes of at least 4 members (excludes halogenated alkanes) is 1. The van der Waals surface area contributed by atoms with Gasteiger partial charge in [0.05, 0.1) is 18.3 Å². The third-order valence-corrected chi connectivity index (χ3v) is 5.84. The number of aromatic nitrogens is 1. The number of rotatable bonds is 8. The number of piperidine rings is 1. The topological polar surface area (TPSA) is 45.7 Å². The fourth-order valence-electron chi connectivity index (χ4n) is 4.24. The molecule has 5 heteroatoms. The average molecular weight is 374 g/mol. The number of hydrogen-bond acceptors (Lipinski definition) is 4. The molecule has 2 aliphatic heterocycles. The van der Waals surface area contributed by atoms with Crippen molar-refractivity contribution in [3.63, 3.8) is 0 Å². The lowest BCUT2D eigenvalue weighted by Crippen LogP contribution is -2.39. The fraction of sp³-hybridized carbons (Fsp3) is 0.727. The maximum atomic E-state index is 12.3. The largest absolute Gasteiger partial charge is 0.478 e. The number of hydrogen-bond donors (Lipinski definition) is 0. The second-order valence-corrected chi connectivity index (χ2v) is 7.91. The lowest BCUT2D eigenvalue weighted by molar-refractivity contribution is -0.133. The number of carbonyl (C=O) groups excluding carboxylic acids is 1. The van der Waals surface area contributed by atoms with Gasteiger partial charge in [0.1, 0.15) is 0 Å². The van der Waals surface area contributed by atoms with E-state index >= 15 is 0 Å². The zero-order chi connectivity index (χ0) is 19.1. The molecular formula is C22H35N3O2. The summed E-state index contributed by atoms with van der Waals surface area (Å²) in [6.07, 6.45) is 8.73. The van der Waals surface area contributed by atoms with Crippen LogP contribution in [0.5, 0.6) is 5.88 Å². The molecule has 1 unspecified atom stereocenters. The van der Waals surface area contributed by atoms with Crippen molar-refractivity contribution in [1.82, 2.24) is 14.8 Å². The van der Waals surface area contributed by atoms with Crippen molar-refractivity contribution in [2.24, 2.45) is 0 Å². The Morgan fingerprint density at radius 3 is 2.78 bits per heavy atom. The molecule has 0 N–H and O–H groups in total. The number of nitrogens with zero attached hydrogens (tertiary/aromatic N) is 3. The molecule has 1 atom stereocenters. The number of ether oxygens (including phenoxy) is 1. The molecule has 0 spiro atoms. The van der Waals surface area contributed by atoms with Crippen LogP contribution in [0.2, 0.25) is 0 Å². The maximum absolute atomic E-state index is 12.3. The summed E-state index contributed by atoms with van der Waals surface area (Å²) in [6, 6.07) is 4.17. The van der Waals surface area contributed by atoms with Gasteiger partial charge in [0.2, 0.25) is 11.8 Å². The molecule has 1 amide bonds. The molecule has 150 valence electrons. The minimum Gasteiger partial charge on any atom is -0.478 e. The van der Waals surface area contributed by atoms with Crippen molar-refractivity contribution in [2.45, 2.75) is 71.3 Å². The predicted octanol–water partition coefficient (Wildman–Crippen LogP) is 3.97. The summed E-state index contributed by atoms with van der Waals surface area (Å²) in [5, 5.41) is 0. The number of amides is 1. The summed E-state index contributed by atoms with van der Waals surface area (Å²) >= 11 is 0. The highest BCUT2D eigenvalue weighted by Crippen LogP contribution is 2.30. The van der Waals surface area contributed by atoms with E-state index in [1.165, 1.54) is 50.9 Å². The van der Waals surface area contributed by atoms with Gasteiger partial charge in [-0.25, -0.2) is 4.98 Å². The van der Waals surface area contributed by atoms with E-state index in [0.29, 0.717) is 6.42 Å². The summed E-state index contributed by atoms with van der Waals surface area (Å²) < 4.78 is 5.90. The van der Waals surface area contributed by atoms with Gasteiger partial charge in [0.15, 0.2) is 0 Å². The Labute approximate surface area is 164 Å². The zero-order valence-electron chi connectivity index (χ0n) is 17.1. The monoisotopic (exact) mass is 373 g/mol. The molecule has 3 rings (SSSR count). The Morgan fingerprint density at radius 1 is 1.19 bits per heavy atom. The Balaban J connectivity index is 1.45. The molecule has 1 saturated heterocycles. The van der Waals surface area contributed by atoms with Gasteiger partial charge < -0.3 is 14.5 Å². The first-order chi connectivity index (χ1) is 13.2. The third-order valence-electron chi connectivity index (χ3n) is 5.84. The van der Waals surface area contributed by atoms with Gasteiger partial charge in [0.25, 0.3) is 0 Å². The van der Waals surface area contributed by atoms with E-state index < -0.39 is 0 Å². The van der Waals surface area contributed by atoms with Crippen molar-refractivity contribution in [3.05, 3.63) is 23.4 Å². The maximum Gasteiger partial charge on any atom is 0.223 e. The van der Waals surface area contributed by atoms with Crippen molar-refractivity contribution in [1.29, 1.82) is 0 Å². The molecule has 27 heavy (non-hydrogen) atoms. The summed E-state index contributed by atoms with van der Waals surface area (Å²) in [5.74, 6) is 0.983. The smallest absolute Gasteiger partial charge is 0.223 e. The molecule has 1 aromatic heterocycles. The molecule has 1 fully saturated rings. The second kappa shape index (κ2) is 10.1. The first kappa shape index (κ1) is 20.1. The van der Waals surface area contributed by atoms with Crippen LogP contribution >= 0.6 is 0 Å². The van der Waals surface area contributed by atoms with Crippen molar-refractivity contribution < 1.29 is 9.53 Å². The molecule has 3 heterocycles. The third kappa shape index (κ3) is 5.44. The predicted molar refractivity (Wildman–Crippen MR) is 108 cm³/mol. The van der Waals surface area contributed by atoms with Crippen LogP contribution in [-0.2, 0) is 11.2 Å². The molecular weight excluding hydrogens is 338 g/mol. The highest BCUT2D eigenvalue weighted by Gasteiger charge is 2.28. The first-order valence-corrected chi connectivity index (χ1v) is 10.8. The summed E-state index contributed by atoms with van der Waals surface area (Å²) in [7, 11) is 0. The van der Waals surface area contributed by atoms with Crippen LogP contribution in [-0.4, -0.2) is 53.5 Å². The average Bonchev–Trinajstić information content (AvgIpc) is 2.69. The zero-order valence-corrected chi connectivity index (χ0v) is 17.1. The molecule has 0 radical (unpaired) electrons. The minimum atomic E-state index is 0.110. The number of pyridine rings is 1. The van der Waals surface area contributed by atoms with Crippen molar-refractivity contribution in [2.75, 3.05) is 32.8 Å². The van der Waals surface area contributed by atoms with Gasteiger partial charge in [-0.1, -0.05) is 13.3 Å². The van der Waals surface area contributed by atoms with Crippen LogP contribution in [0.25, 0.3) is 0 Å². The summed E-state index contributed by atoms with van der Waals surface area (Å²) in [6.45, 7) is 9.38. The van der Waals surface area contributed by atoms with Crippen LogP contribution < -0.4 is 4.74 Å². The molecule has 0 aromatic carbocycles. The van der Waals surface area contributed by atoms with Crippen molar-refractivity contribution >= 4 is 5.91 Å². The van der Waals surface area contributed by atoms with Gasteiger partial charge in [-0.15, -0.1) is 0 Å². The lowest BCUT2D eigenvalue weighted by atomic mass is 9.97. The molecule has 1 aromatic rings. The van der Waals surface area contributed by atoms with Crippen LogP contribution in [0.4, 0.5) is 0 Å². The van der Waals surface area contributed by atoms with E-state index in [-0.39, 0.29) is 11.9 Å². The molecule has 0 saturated carbocycles. The Hall–Kier alpha value is -1.62. The number of carbonyl (C=O) groups is 1. The lowest BCUT2D eigenvalue weighted by Gasteiger charge is -2.35. The summed E-state index contributed by atoms with van der Waals surface area (Å²) in [5.41, 5.74) is 2.26. The highest BCUT2D eigenvalue weighted by molar-refractivity contribution is 5.77. The van der Waals surface area contributed by atoms with E-state index in [0.717, 1.165) is 44.0 Å². The Kier molecular flexibility index (Phi) is 7.50. The van der Waals surface area contributed by atoms with Crippen LogP contribution in [0, 0.1) is 0 Å². The highest BCUT2D eigenvalue weighted by atomic mass is 16.5. The summed E-state index contributed by atoms with van der Waals surface area (Å²) in [4.78, 5) is 21.6. The quantitative estimate of drug-likeness (QED) is 0.647. The SMILES string of the molecule is CCCC(=O)N1CCc2nc(OCCCCN3CCCCC3)ccc2C1C. The standard InChI is InChI=1S/C22H35N3O2/c1-3-9-22(26)25-16-12-20-19(18(25)2)10-11-21(23-20)27-17-8-7-15-24-13-5-4-6-14-24/h10-11,18H,3-9,12-17H2,1-2H3. The fourth-order valence-corrected chi connectivity index (χ4v) is 4.24. The van der Waals surface area contributed by atoms with Gasteiger partial charge >= 0.3 is 0 Å². The van der Waals surface area contributed by atoms with Gasteiger partial charge in [-0.2, -0.15) is 0 Å². The van der Waals surface area contributed by atoms with Gasteiger partial charge in [0, 0.05) is 25.5 Å².